The third-order valence-electron chi connectivity index (χ3n) is 2.66. The normalized spacial score (nSPS) is 22.8. The summed E-state index contributed by atoms with van der Waals surface area (Å²) in [6.45, 7) is 1.96. The molecule has 0 heterocycles. The lowest BCUT2D eigenvalue weighted by Gasteiger charge is -2.19. The molecule has 0 aromatic heterocycles. The van der Waals surface area contributed by atoms with Gasteiger partial charge in [-0.25, -0.2) is 9.59 Å². The Bertz CT molecular complexity index is 482. The maximum Gasteiger partial charge on any atom is 0.236 e. The third kappa shape index (κ3) is 2.94. The maximum absolute atomic E-state index is 11.9. The Morgan fingerprint density at radius 3 is 2.44 bits per heavy atom. The van der Waals surface area contributed by atoms with Crippen LogP contribution < -0.4 is 0 Å². The van der Waals surface area contributed by atoms with Crippen molar-refractivity contribution in [1.82, 2.24) is 0 Å². The molecule has 0 saturated carbocycles. The summed E-state index contributed by atoms with van der Waals surface area (Å²) in [7, 11) is 0. The van der Waals surface area contributed by atoms with Crippen molar-refractivity contribution in [2.24, 2.45) is 9.98 Å². The summed E-state index contributed by atoms with van der Waals surface area (Å²) < 4.78 is 0. The van der Waals surface area contributed by atoms with Crippen LogP contribution in [0.25, 0.3) is 0 Å². The number of carbonyl (C=O) groups excluding carboxylic acids is 4. The number of aliphatic imine (C=N–C) groups is 2. The van der Waals surface area contributed by atoms with E-state index in [0.717, 1.165) is 12.8 Å². The number of Topliss-reactive ketones (excluding diaryl/α,β-unsaturated/α-hetero) is 2. The van der Waals surface area contributed by atoms with Gasteiger partial charge in [-0.1, -0.05) is 13.3 Å². The molecule has 0 fully saturated rings. The van der Waals surface area contributed by atoms with E-state index in [0.29, 0.717) is 12.0 Å². The number of hydrogen-bond acceptors (Lipinski definition) is 6. The highest BCUT2D eigenvalue weighted by Gasteiger charge is 2.37. The van der Waals surface area contributed by atoms with E-state index in [2.05, 4.69) is 9.98 Å². The molecule has 0 aromatic rings. The molecule has 18 heavy (non-hydrogen) atoms. The van der Waals surface area contributed by atoms with Crippen LogP contribution in [0.4, 0.5) is 0 Å². The highest BCUT2D eigenvalue weighted by Crippen LogP contribution is 2.21. The molecule has 0 N–H and O–H groups in total. The van der Waals surface area contributed by atoms with E-state index < -0.39 is 23.7 Å². The fraction of sp³-hybridized carbons (Fsp3) is 0.500. The molecule has 1 rings (SSSR count). The van der Waals surface area contributed by atoms with Crippen LogP contribution in [0, 0.1) is 0 Å². The molecule has 0 spiro atoms. The summed E-state index contributed by atoms with van der Waals surface area (Å²) in [5.74, 6) is -1.19. The third-order valence-corrected chi connectivity index (χ3v) is 2.66. The first-order valence-electron chi connectivity index (χ1n) is 5.58. The van der Waals surface area contributed by atoms with Crippen molar-refractivity contribution in [3.63, 3.8) is 0 Å². The van der Waals surface area contributed by atoms with Crippen molar-refractivity contribution in [2.75, 3.05) is 0 Å². The Labute approximate surface area is 103 Å². The number of isocyanates is 2. The first-order valence-corrected chi connectivity index (χ1v) is 5.58. The van der Waals surface area contributed by atoms with Crippen LogP contribution >= 0.6 is 0 Å². The van der Waals surface area contributed by atoms with Gasteiger partial charge in [0.25, 0.3) is 0 Å². The first kappa shape index (κ1) is 13.9. The van der Waals surface area contributed by atoms with Crippen LogP contribution in [0.15, 0.2) is 21.6 Å². The number of carbonyl (C=O) groups is 2. The topological polar surface area (TPSA) is 93.0 Å². The first-order chi connectivity index (χ1) is 8.65. The van der Waals surface area contributed by atoms with Crippen LogP contribution in [0.2, 0.25) is 0 Å². The molecule has 1 aliphatic carbocycles. The minimum atomic E-state index is -1.42. The quantitative estimate of drug-likeness (QED) is 0.406. The molecule has 2 atom stereocenters. The van der Waals surface area contributed by atoms with Crippen LogP contribution in [-0.4, -0.2) is 35.8 Å². The lowest BCUT2D eigenvalue weighted by molar-refractivity contribution is -0.128. The van der Waals surface area contributed by atoms with Crippen molar-refractivity contribution in [2.45, 2.75) is 38.3 Å². The molecule has 2 unspecified atom stereocenters. The van der Waals surface area contributed by atoms with E-state index in [1.165, 1.54) is 18.2 Å². The van der Waals surface area contributed by atoms with E-state index in [-0.39, 0.29) is 0 Å². The zero-order valence-electron chi connectivity index (χ0n) is 9.88. The lowest BCUT2D eigenvalue weighted by Crippen LogP contribution is -2.40. The standard InChI is InChI=1S/C12H12N2O4/c1-2-3-4-8-5-9(13-6-15)12(18)10(11(8)17)14-7-16/h5,9-10H,2-4H2,1H3. The fourth-order valence-electron chi connectivity index (χ4n) is 1.73. The average Bonchev–Trinajstić information content (AvgIpc) is 2.36. The lowest BCUT2D eigenvalue weighted by atomic mass is 9.87. The molecule has 1 aliphatic rings. The van der Waals surface area contributed by atoms with Gasteiger partial charge in [0.2, 0.25) is 12.2 Å². The molecule has 0 aromatic carbocycles. The van der Waals surface area contributed by atoms with Crippen LogP contribution in [0.1, 0.15) is 26.2 Å². The van der Waals surface area contributed by atoms with Gasteiger partial charge in [-0.15, -0.1) is 0 Å². The second kappa shape index (κ2) is 6.55. The Kier molecular flexibility index (Phi) is 5.06. The maximum atomic E-state index is 11.9. The molecular weight excluding hydrogens is 236 g/mol. The van der Waals surface area contributed by atoms with Crippen molar-refractivity contribution in [3.8, 4) is 0 Å². The summed E-state index contributed by atoms with van der Waals surface area (Å²) in [6, 6.07) is -2.49. The minimum Gasteiger partial charge on any atom is -0.294 e. The molecular formula is C12H12N2O4. The van der Waals surface area contributed by atoms with Crippen LogP contribution in [-0.2, 0) is 19.2 Å². The largest absolute Gasteiger partial charge is 0.294 e. The number of ketones is 2. The van der Waals surface area contributed by atoms with E-state index in [1.807, 2.05) is 6.92 Å². The number of hydrogen-bond donors (Lipinski definition) is 0. The van der Waals surface area contributed by atoms with Crippen molar-refractivity contribution >= 4 is 23.7 Å². The van der Waals surface area contributed by atoms with E-state index in [1.54, 1.807) is 0 Å². The van der Waals surface area contributed by atoms with Crippen molar-refractivity contribution < 1.29 is 19.2 Å². The predicted octanol–water partition coefficient (Wildman–Crippen LogP) is 0.664. The van der Waals surface area contributed by atoms with Crippen molar-refractivity contribution in [3.05, 3.63) is 11.6 Å². The molecule has 0 amide bonds. The fourth-order valence-corrected chi connectivity index (χ4v) is 1.73. The number of unbranched alkanes of at least 4 members (excludes halogenated alkanes) is 1. The van der Waals surface area contributed by atoms with E-state index in [9.17, 15) is 19.2 Å². The van der Waals surface area contributed by atoms with Gasteiger partial charge in [0.1, 0.15) is 6.04 Å². The minimum absolute atomic E-state index is 0.379. The predicted molar refractivity (Wildman–Crippen MR) is 61.4 cm³/mol. The van der Waals surface area contributed by atoms with Gasteiger partial charge in [-0.05, 0) is 24.5 Å². The smallest absolute Gasteiger partial charge is 0.236 e. The molecule has 6 nitrogen and oxygen atoms in total. The number of nitrogens with zero attached hydrogens (tertiary/aromatic N) is 2. The van der Waals surface area contributed by atoms with E-state index in [4.69, 9.17) is 0 Å². The average molecular weight is 248 g/mol. The van der Waals surface area contributed by atoms with Crippen molar-refractivity contribution in [1.29, 1.82) is 0 Å². The Morgan fingerprint density at radius 1 is 1.22 bits per heavy atom. The van der Waals surface area contributed by atoms with Gasteiger partial charge >= 0.3 is 0 Å². The SMILES string of the molecule is CCCCC1=CC(N=C=O)C(=O)C(N=C=O)C1=O. The zero-order chi connectivity index (χ0) is 13.5. The molecule has 0 bridgehead atoms. The van der Waals surface area contributed by atoms with Crippen LogP contribution in [0.3, 0.4) is 0 Å². The molecule has 0 radical (unpaired) electrons. The summed E-state index contributed by atoms with van der Waals surface area (Å²) >= 11 is 0. The summed E-state index contributed by atoms with van der Waals surface area (Å²) in [4.78, 5) is 50.6. The zero-order valence-corrected chi connectivity index (χ0v) is 9.88. The van der Waals surface area contributed by atoms with Gasteiger partial charge in [0.05, 0.1) is 0 Å². The summed E-state index contributed by atoms with van der Waals surface area (Å²) in [5.41, 5.74) is 0.379. The number of rotatable bonds is 5. The van der Waals surface area contributed by atoms with Gasteiger partial charge in [0.15, 0.2) is 17.6 Å². The van der Waals surface area contributed by atoms with Crippen LogP contribution in [0.5, 0.6) is 0 Å². The van der Waals surface area contributed by atoms with Gasteiger partial charge in [-0.2, -0.15) is 9.98 Å². The highest BCUT2D eigenvalue weighted by atomic mass is 16.2. The summed E-state index contributed by atoms with van der Waals surface area (Å²) in [5, 5.41) is 0. The van der Waals surface area contributed by atoms with Gasteiger partial charge in [0, 0.05) is 0 Å². The monoisotopic (exact) mass is 248 g/mol. The molecule has 6 heteroatoms. The second-order valence-corrected chi connectivity index (χ2v) is 3.85. The Hall–Kier alpha value is -2.16. The Balaban J connectivity index is 3.11. The van der Waals surface area contributed by atoms with E-state index >= 15 is 0 Å². The Morgan fingerprint density at radius 2 is 1.89 bits per heavy atom. The van der Waals surface area contributed by atoms with Gasteiger partial charge in [-0.3, -0.25) is 9.59 Å². The highest BCUT2D eigenvalue weighted by molar-refractivity contribution is 6.19. The second-order valence-electron chi connectivity index (χ2n) is 3.85. The molecule has 94 valence electrons. The van der Waals surface area contributed by atoms with Gasteiger partial charge < -0.3 is 0 Å². The molecule has 0 saturated heterocycles. The summed E-state index contributed by atoms with van der Waals surface area (Å²) in [6.07, 6.45) is 5.94. The molecule has 0 aliphatic heterocycles.